The van der Waals surface area contributed by atoms with E-state index in [0.717, 1.165) is 35.9 Å². The van der Waals surface area contributed by atoms with E-state index >= 15 is 0 Å². The predicted octanol–water partition coefficient (Wildman–Crippen LogP) is 2.78. The van der Waals surface area contributed by atoms with Gasteiger partial charge in [-0.3, -0.25) is 0 Å². The van der Waals surface area contributed by atoms with Gasteiger partial charge in [0.05, 0.1) is 22.5 Å². The third kappa shape index (κ3) is 2.50. The van der Waals surface area contributed by atoms with E-state index in [0.29, 0.717) is 5.92 Å². The van der Waals surface area contributed by atoms with Gasteiger partial charge in [0.1, 0.15) is 0 Å². The molecule has 1 aromatic rings. The first-order chi connectivity index (χ1) is 8.13. The SMILES string of the molecule is COC1CN(c2c(N)cccc2Cl)CCC1C. The van der Waals surface area contributed by atoms with Crippen molar-refractivity contribution >= 4 is 23.0 Å². The number of para-hydroxylation sites is 1. The van der Waals surface area contributed by atoms with E-state index in [1.807, 2.05) is 18.2 Å². The maximum Gasteiger partial charge on any atom is 0.0790 e. The van der Waals surface area contributed by atoms with Crippen LogP contribution in [-0.2, 0) is 4.74 Å². The zero-order valence-corrected chi connectivity index (χ0v) is 11.1. The Balaban J connectivity index is 2.23. The standard InChI is InChI=1S/C13H19ClN2O/c1-9-6-7-16(8-12(9)17-2)13-10(14)4-3-5-11(13)15/h3-5,9,12H,6-8,15H2,1-2H3. The van der Waals surface area contributed by atoms with E-state index in [9.17, 15) is 0 Å². The quantitative estimate of drug-likeness (QED) is 0.825. The minimum Gasteiger partial charge on any atom is -0.397 e. The molecule has 1 heterocycles. The first-order valence-corrected chi connectivity index (χ1v) is 6.33. The van der Waals surface area contributed by atoms with Crippen molar-refractivity contribution in [1.82, 2.24) is 0 Å². The van der Waals surface area contributed by atoms with Crippen LogP contribution in [0.4, 0.5) is 11.4 Å². The molecule has 3 nitrogen and oxygen atoms in total. The highest BCUT2D eigenvalue weighted by Crippen LogP contribution is 2.34. The fraction of sp³-hybridized carbons (Fsp3) is 0.538. The highest BCUT2D eigenvalue weighted by atomic mass is 35.5. The molecular formula is C13H19ClN2O. The normalized spacial score (nSPS) is 25.0. The first-order valence-electron chi connectivity index (χ1n) is 5.95. The topological polar surface area (TPSA) is 38.5 Å². The summed E-state index contributed by atoms with van der Waals surface area (Å²) in [7, 11) is 1.76. The molecule has 1 aliphatic heterocycles. The summed E-state index contributed by atoms with van der Waals surface area (Å²) in [6.45, 7) is 4.06. The zero-order chi connectivity index (χ0) is 12.4. The zero-order valence-electron chi connectivity index (χ0n) is 10.3. The van der Waals surface area contributed by atoms with Gasteiger partial charge in [-0.1, -0.05) is 24.6 Å². The number of anilines is 2. The summed E-state index contributed by atoms with van der Waals surface area (Å²) in [6.07, 6.45) is 1.35. The summed E-state index contributed by atoms with van der Waals surface area (Å²) in [5.41, 5.74) is 7.69. The number of ether oxygens (including phenoxy) is 1. The summed E-state index contributed by atoms with van der Waals surface area (Å²) in [5, 5.41) is 0.717. The first kappa shape index (κ1) is 12.5. The lowest BCUT2D eigenvalue weighted by atomic mass is 9.95. The second-order valence-electron chi connectivity index (χ2n) is 4.66. The van der Waals surface area contributed by atoms with E-state index in [4.69, 9.17) is 22.1 Å². The molecule has 1 aliphatic rings. The van der Waals surface area contributed by atoms with Gasteiger partial charge in [-0.2, -0.15) is 0 Å². The number of halogens is 1. The molecule has 1 fully saturated rings. The van der Waals surface area contributed by atoms with Gasteiger partial charge in [0, 0.05) is 20.2 Å². The van der Waals surface area contributed by atoms with E-state index in [-0.39, 0.29) is 6.10 Å². The van der Waals surface area contributed by atoms with Gasteiger partial charge >= 0.3 is 0 Å². The van der Waals surface area contributed by atoms with Crippen molar-refractivity contribution < 1.29 is 4.74 Å². The minimum atomic E-state index is 0.249. The van der Waals surface area contributed by atoms with Crippen molar-refractivity contribution in [1.29, 1.82) is 0 Å². The Morgan fingerprint density at radius 1 is 1.47 bits per heavy atom. The molecule has 0 saturated carbocycles. The number of nitrogens with two attached hydrogens (primary N) is 1. The second kappa shape index (κ2) is 5.15. The summed E-state index contributed by atoms with van der Waals surface area (Å²) in [4.78, 5) is 2.23. The lowest BCUT2D eigenvalue weighted by molar-refractivity contribution is 0.0499. The van der Waals surface area contributed by atoms with Crippen LogP contribution >= 0.6 is 11.6 Å². The summed E-state index contributed by atoms with van der Waals surface area (Å²) in [6, 6.07) is 5.65. The van der Waals surface area contributed by atoms with E-state index in [2.05, 4.69) is 11.8 Å². The van der Waals surface area contributed by atoms with Crippen LogP contribution < -0.4 is 10.6 Å². The Morgan fingerprint density at radius 2 is 2.24 bits per heavy atom. The number of benzene rings is 1. The Kier molecular flexibility index (Phi) is 3.79. The molecule has 2 unspecified atom stereocenters. The third-order valence-corrected chi connectivity index (χ3v) is 3.83. The fourth-order valence-electron chi connectivity index (χ4n) is 2.41. The molecule has 0 spiro atoms. The van der Waals surface area contributed by atoms with Crippen molar-refractivity contribution in [3.8, 4) is 0 Å². The highest BCUT2D eigenvalue weighted by Gasteiger charge is 2.27. The van der Waals surface area contributed by atoms with Crippen LogP contribution in [0.3, 0.4) is 0 Å². The summed E-state index contributed by atoms with van der Waals surface area (Å²) < 4.78 is 5.51. The average Bonchev–Trinajstić information content (AvgIpc) is 2.31. The largest absolute Gasteiger partial charge is 0.397 e. The number of piperidine rings is 1. The van der Waals surface area contributed by atoms with Gasteiger partial charge < -0.3 is 15.4 Å². The third-order valence-electron chi connectivity index (χ3n) is 3.53. The van der Waals surface area contributed by atoms with E-state index in [1.165, 1.54) is 0 Å². The highest BCUT2D eigenvalue weighted by molar-refractivity contribution is 6.34. The Labute approximate surface area is 107 Å². The van der Waals surface area contributed by atoms with Crippen molar-refractivity contribution in [2.24, 2.45) is 5.92 Å². The second-order valence-corrected chi connectivity index (χ2v) is 5.07. The number of nitrogens with zero attached hydrogens (tertiary/aromatic N) is 1. The maximum atomic E-state index is 6.23. The van der Waals surface area contributed by atoms with Crippen molar-refractivity contribution in [2.45, 2.75) is 19.4 Å². The monoisotopic (exact) mass is 254 g/mol. The van der Waals surface area contributed by atoms with Crippen LogP contribution in [-0.4, -0.2) is 26.3 Å². The molecule has 0 amide bonds. The predicted molar refractivity (Wildman–Crippen MR) is 72.7 cm³/mol. The Hall–Kier alpha value is -0.930. The van der Waals surface area contributed by atoms with Crippen LogP contribution in [0.1, 0.15) is 13.3 Å². The van der Waals surface area contributed by atoms with Crippen LogP contribution in [0.25, 0.3) is 0 Å². The average molecular weight is 255 g/mol. The number of methoxy groups -OCH3 is 1. The van der Waals surface area contributed by atoms with Crippen LogP contribution in [0.2, 0.25) is 5.02 Å². The summed E-state index contributed by atoms with van der Waals surface area (Å²) >= 11 is 6.23. The van der Waals surface area contributed by atoms with Crippen LogP contribution in [0.15, 0.2) is 18.2 Å². The van der Waals surface area contributed by atoms with Gasteiger partial charge in [-0.15, -0.1) is 0 Å². The molecule has 1 aromatic carbocycles. The van der Waals surface area contributed by atoms with Gasteiger partial charge in [-0.05, 0) is 24.5 Å². The number of hydrogen-bond acceptors (Lipinski definition) is 3. The molecular weight excluding hydrogens is 236 g/mol. The molecule has 17 heavy (non-hydrogen) atoms. The van der Waals surface area contributed by atoms with Crippen molar-refractivity contribution in [3.05, 3.63) is 23.2 Å². The van der Waals surface area contributed by atoms with Gasteiger partial charge in [0.25, 0.3) is 0 Å². The fourth-order valence-corrected chi connectivity index (χ4v) is 2.71. The Morgan fingerprint density at radius 3 is 2.88 bits per heavy atom. The van der Waals surface area contributed by atoms with Crippen LogP contribution in [0, 0.1) is 5.92 Å². The van der Waals surface area contributed by atoms with Crippen LogP contribution in [0.5, 0.6) is 0 Å². The molecule has 0 aromatic heterocycles. The van der Waals surface area contributed by atoms with Gasteiger partial charge in [-0.25, -0.2) is 0 Å². The van der Waals surface area contributed by atoms with E-state index < -0.39 is 0 Å². The molecule has 2 rings (SSSR count). The molecule has 2 N–H and O–H groups in total. The lowest BCUT2D eigenvalue weighted by Gasteiger charge is -2.38. The minimum absolute atomic E-state index is 0.249. The van der Waals surface area contributed by atoms with Crippen molar-refractivity contribution in [2.75, 3.05) is 30.8 Å². The number of hydrogen-bond donors (Lipinski definition) is 1. The lowest BCUT2D eigenvalue weighted by Crippen LogP contribution is -2.44. The smallest absolute Gasteiger partial charge is 0.0790 e. The van der Waals surface area contributed by atoms with Gasteiger partial charge in [0.15, 0.2) is 0 Å². The van der Waals surface area contributed by atoms with E-state index in [1.54, 1.807) is 7.11 Å². The Bertz CT molecular complexity index is 377. The molecule has 0 radical (unpaired) electrons. The van der Waals surface area contributed by atoms with Crippen molar-refractivity contribution in [3.63, 3.8) is 0 Å². The maximum absolute atomic E-state index is 6.23. The molecule has 0 bridgehead atoms. The van der Waals surface area contributed by atoms with Gasteiger partial charge in [0.2, 0.25) is 0 Å². The molecule has 4 heteroatoms. The summed E-state index contributed by atoms with van der Waals surface area (Å²) in [5.74, 6) is 0.583. The molecule has 1 saturated heterocycles. The number of rotatable bonds is 2. The number of nitrogen functional groups attached to an aromatic ring is 1. The molecule has 94 valence electrons. The molecule has 2 atom stereocenters. The molecule has 0 aliphatic carbocycles.